The first-order chi connectivity index (χ1) is 7.76. The third-order valence-electron chi connectivity index (χ3n) is 2.44. The smallest absolute Gasteiger partial charge is 0.0701 e. The number of halogens is 1. The van der Waals surface area contributed by atoms with Crippen LogP contribution in [0.15, 0.2) is 15.9 Å². The molecule has 92 valence electrons. The number of hydrogen-bond donors (Lipinski definition) is 1. The molecule has 1 aromatic rings. The Morgan fingerprint density at radius 2 is 2.25 bits per heavy atom. The van der Waals surface area contributed by atoms with Gasteiger partial charge in [0.05, 0.1) is 3.79 Å². The molecule has 0 spiro atoms. The lowest BCUT2D eigenvalue weighted by Gasteiger charge is -2.15. The van der Waals surface area contributed by atoms with Crippen molar-refractivity contribution in [1.29, 1.82) is 0 Å². The summed E-state index contributed by atoms with van der Waals surface area (Å²) in [5.41, 5.74) is 0. The second-order valence-electron chi connectivity index (χ2n) is 3.80. The molecule has 1 N–H and O–H groups in total. The van der Waals surface area contributed by atoms with Gasteiger partial charge in [-0.3, -0.25) is 0 Å². The predicted molar refractivity (Wildman–Crippen MR) is 74.3 cm³/mol. The van der Waals surface area contributed by atoms with Gasteiger partial charge in [-0.1, -0.05) is 6.92 Å². The van der Waals surface area contributed by atoms with E-state index in [0.29, 0.717) is 6.04 Å². The Balaban J connectivity index is 2.26. The molecule has 2 nitrogen and oxygen atoms in total. The molecular weight excluding hydrogens is 286 g/mol. The lowest BCUT2D eigenvalue weighted by atomic mass is 10.1. The molecule has 0 saturated carbocycles. The highest BCUT2D eigenvalue weighted by molar-refractivity contribution is 9.11. The molecule has 1 aromatic heterocycles. The van der Waals surface area contributed by atoms with Crippen LogP contribution < -0.4 is 5.32 Å². The van der Waals surface area contributed by atoms with Crippen LogP contribution in [-0.4, -0.2) is 26.3 Å². The molecule has 0 bridgehead atoms. The van der Waals surface area contributed by atoms with Crippen LogP contribution in [0.3, 0.4) is 0 Å². The fourth-order valence-electron chi connectivity index (χ4n) is 1.52. The van der Waals surface area contributed by atoms with Gasteiger partial charge in [-0.15, -0.1) is 11.3 Å². The Hall–Kier alpha value is 0.1000. The number of likely N-dealkylation sites (N-methyl/N-ethyl adjacent to an activating group) is 1. The van der Waals surface area contributed by atoms with Crippen molar-refractivity contribution >= 4 is 27.3 Å². The average Bonchev–Trinajstić information content (AvgIpc) is 2.68. The molecule has 0 aromatic carbocycles. The van der Waals surface area contributed by atoms with Crippen LogP contribution in [-0.2, 0) is 11.2 Å². The van der Waals surface area contributed by atoms with Gasteiger partial charge in [0.2, 0.25) is 0 Å². The first-order valence-corrected chi connectivity index (χ1v) is 7.36. The number of thiophene rings is 1. The molecule has 0 aliphatic rings. The van der Waals surface area contributed by atoms with Crippen molar-refractivity contribution in [2.24, 2.45) is 0 Å². The molecule has 0 saturated heterocycles. The summed E-state index contributed by atoms with van der Waals surface area (Å²) in [5.74, 6) is 0. The summed E-state index contributed by atoms with van der Waals surface area (Å²) in [7, 11) is 2.02. The first-order valence-electron chi connectivity index (χ1n) is 5.75. The molecule has 0 radical (unpaired) electrons. The molecule has 1 atom stereocenters. The number of ether oxygens (including phenoxy) is 1. The lowest BCUT2D eigenvalue weighted by molar-refractivity contribution is 0.125. The first kappa shape index (κ1) is 14.2. The molecule has 0 fully saturated rings. The number of nitrogens with one attached hydrogen (secondary N) is 1. The minimum Gasteiger partial charge on any atom is -0.381 e. The van der Waals surface area contributed by atoms with Gasteiger partial charge in [0.1, 0.15) is 0 Å². The molecule has 1 rings (SSSR count). The van der Waals surface area contributed by atoms with Crippen molar-refractivity contribution in [1.82, 2.24) is 5.32 Å². The Kier molecular flexibility index (Phi) is 7.28. The lowest BCUT2D eigenvalue weighted by Crippen LogP contribution is -2.28. The highest BCUT2D eigenvalue weighted by atomic mass is 79.9. The van der Waals surface area contributed by atoms with Crippen LogP contribution >= 0.6 is 27.3 Å². The van der Waals surface area contributed by atoms with Crippen molar-refractivity contribution < 1.29 is 4.74 Å². The van der Waals surface area contributed by atoms with Crippen molar-refractivity contribution in [2.75, 3.05) is 20.3 Å². The number of hydrogen-bond acceptors (Lipinski definition) is 3. The van der Waals surface area contributed by atoms with Gasteiger partial charge in [0.15, 0.2) is 0 Å². The van der Waals surface area contributed by atoms with E-state index in [-0.39, 0.29) is 0 Å². The van der Waals surface area contributed by atoms with Crippen LogP contribution in [0.5, 0.6) is 0 Å². The van der Waals surface area contributed by atoms with E-state index >= 15 is 0 Å². The molecule has 4 heteroatoms. The molecule has 16 heavy (non-hydrogen) atoms. The van der Waals surface area contributed by atoms with Crippen molar-refractivity contribution in [3.05, 3.63) is 20.8 Å². The normalized spacial score (nSPS) is 12.9. The maximum absolute atomic E-state index is 5.51. The maximum atomic E-state index is 5.51. The molecule has 0 amide bonds. The van der Waals surface area contributed by atoms with E-state index in [1.807, 2.05) is 18.4 Å². The van der Waals surface area contributed by atoms with E-state index in [1.54, 1.807) is 0 Å². The van der Waals surface area contributed by atoms with Crippen molar-refractivity contribution in [3.8, 4) is 0 Å². The third kappa shape index (κ3) is 5.43. The van der Waals surface area contributed by atoms with E-state index in [1.165, 1.54) is 8.66 Å². The zero-order chi connectivity index (χ0) is 11.8. The van der Waals surface area contributed by atoms with Crippen molar-refractivity contribution in [3.63, 3.8) is 0 Å². The standard InChI is InChI=1S/C12H20BrNOS/c1-3-7-15-8-6-10(14-2)9-11-4-5-12(13)16-11/h4-5,10,14H,3,6-9H2,1-2H3. The minimum atomic E-state index is 0.516. The average molecular weight is 306 g/mol. The van der Waals surface area contributed by atoms with E-state index < -0.39 is 0 Å². The summed E-state index contributed by atoms with van der Waals surface area (Å²) in [6.45, 7) is 3.87. The second kappa shape index (κ2) is 8.23. The van der Waals surface area contributed by atoms with Crippen LogP contribution in [0, 0.1) is 0 Å². The van der Waals surface area contributed by atoms with Gasteiger partial charge in [-0.2, -0.15) is 0 Å². The van der Waals surface area contributed by atoms with E-state index in [9.17, 15) is 0 Å². The quantitative estimate of drug-likeness (QED) is 0.743. The molecule has 0 aliphatic carbocycles. The summed E-state index contributed by atoms with van der Waals surface area (Å²) in [6.07, 6.45) is 3.26. The Labute approximate surface area is 111 Å². The third-order valence-corrected chi connectivity index (χ3v) is 4.09. The van der Waals surface area contributed by atoms with Gasteiger partial charge < -0.3 is 10.1 Å². The van der Waals surface area contributed by atoms with Gasteiger partial charge in [-0.25, -0.2) is 0 Å². The molecule has 0 aliphatic heterocycles. The van der Waals surface area contributed by atoms with Crippen LogP contribution in [0.25, 0.3) is 0 Å². The highest BCUT2D eigenvalue weighted by Gasteiger charge is 2.08. The Morgan fingerprint density at radius 1 is 1.44 bits per heavy atom. The Morgan fingerprint density at radius 3 is 2.81 bits per heavy atom. The predicted octanol–water partition coefficient (Wildman–Crippen LogP) is 3.46. The summed E-state index contributed by atoms with van der Waals surface area (Å²) < 4.78 is 6.72. The SMILES string of the molecule is CCCOCCC(Cc1ccc(Br)s1)NC. The minimum absolute atomic E-state index is 0.516. The van der Waals surface area contributed by atoms with Gasteiger partial charge in [-0.05, 0) is 54.4 Å². The van der Waals surface area contributed by atoms with Crippen LogP contribution in [0.2, 0.25) is 0 Å². The molecule has 1 heterocycles. The van der Waals surface area contributed by atoms with Crippen LogP contribution in [0.4, 0.5) is 0 Å². The monoisotopic (exact) mass is 305 g/mol. The van der Waals surface area contributed by atoms with E-state index in [4.69, 9.17) is 4.74 Å². The Bertz CT molecular complexity index is 290. The van der Waals surface area contributed by atoms with Gasteiger partial charge >= 0.3 is 0 Å². The zero-order valence-corrected chi connectivity index (χ0v) is 12.4. The summed E-state index contributed by atoms with van der Waals surface area (Å²) >= 11 is 5.30. The molecular formula is C12H20BrNOS. The van der Waals surface area contributed by atoms with Crippen LogP contribution in [0.1, 0.15) is 24.6 Å². The molecule has 1 unspecified atom stereocenters. The fraction of sp³-hybridized carbons (Fsp3) is 0.667. The zero-order valence-electron chi connectivity index (χ0n) is 9.96. The summed E-state index contributed by atoms with van der Waals surface area (Å²) in [5, 5.41) is 3.35. The fourth-order valence-corrected chi connectivity index (χ4v) is 3.09. The largest absolute Gasteiger partial charge is 0.381 e. The summed E-state index contributed by atoms with van der Waals surface area (Å²) in [4.78, 5) is 1.42. The maximum Gasteiger partial charge on any atom is 0.0701 e. The van der Waals surface area contributed by atoms with E-state index in [2.05, 4.69) is 40.3 Å². The van der Waals surface area contributed by atoms with Gasteiger partial charge in [0, 0.05) is 24.1 Å². The number of rotatable bonds is 8. The van der Waals surface area contributed by atoms with Gasteiger partial charge in [0.25, 0.3) is 0 Å². The highest BCUT2D eigenvalue weighted by Crippen LogP contribution is 2.23. The van der Waals surface area contributed by atoms with E-state index in [0.717, 1.165) is 32.5 Å². The van der Waals surface area contributed by atoms with Crippen molar-refractivity contribution in [2.45, 2.75) is 32.2 Å². The second-order valence-corrected chi connectivity index (χ2v) is 6.34. The topological polar surface area (TPSA) is 21.3 Å². The summed E-state index contributed by atoms with van der Waals surface area (Å²) in [6, 6.07) is 4.81.